The lowest BCUT2D eigenvalue weighted by molar-refractivity contribution is -0.161. The number of unbranched alkanes of at least 4 members (excludes halogenated alkanes) is 33. The van der Waals surface area contributed by atoms with Gasteiger partial charge in [-0.2, -0.15) is 0 Å². The van der Waals surface area contributed by atoms with Gasteiger partial charge in [0.05, 0.1) is 26.4 Å². The predicted octanol–water partition coefficient (Wildman–Crippen LogP) is 22.8. The normalized spacial score (nSPS) is 14.6. The van der Waals surface area contributed by atoms with Crippen molar-refractivity contribution in [3.05, 3.63) is 109 Å². The van der Waals surface area contributed by atoms with E-state index in [1.54, 1.807) is 0 Å². The van der Waals surface area contributed by atoms with Crippen LogP contribution in [0, 0.1) is 0 Å². The third-order valence-corrected chi connectivity index (χ3v) is 18.3. The minimum atomic E-state index is -4.94. The van der Waals surface area contributed by atoms with E-state index in [0.717, 1.165) is 154 Å². The van der Waals surface area contributed by atoms with Crippen LogP contribution < -0.4 is 0 Å². The van der Waals surface area contributed by atoms with Crippen molar-refractivity contribution in [1.29, 1.82) is 0 Å². The van der Waals surface area contributed by atoms with Crippen LogP contribution in [0.5, 0.6) is 0 Å². The Bertz CT molecular complexity index is 2240. The summed E-state index contributed by atoms with van der Waals surface area (Å²) in [4.78, 5) is 58.6. The van der Waals surface area contributed by atoms with Gasteiger partial charge in [0.25, 0.3) is 0 Å². The molecule has 0 amide bonds. The molecule has 0 saturated heterocycles. The number of rotatable bonds is 74. The van der Waals surface area contributed by atoms with Crippen LogP contribution in [0.1, 0.15) is 329 Å². The van der Waals surface area contributed by atoms with E-state index in [1.165, 1.54) is 116 Å². The number of carbonyl (C=O) groups is 3. The molecule has 0 bridgehead atoms. The Morgan fingerprint density at radius 3 is 0.828 bits per heavy atom. The van der Waals surface area contributed by atoms with Crippen LogP contribution in [0.4, 0.5) is 0 Å². The van der Waals surface area contributed by atoms with Crippen molar-refractivity contribution in [2.45, 2.75) is 347 Å². The van der Waals surface area contributed by atoms with Gasteiger partial charge >= 0.3 is 33.6 Å². The minimum absolute atomic E-state index is 0.0913. The van der Waals surface area contributed by atoms with Crippen LogP contribution in [0.15, 0.2) is 109 Å². The highest BCUT2D eigenvalue weighted by Crippen LogP contribution is 2.45. The third kappa shape index (κ3) is 75.2. The second-order valence-electron chi connectivity index (χ2n) is 26.2. The van der Waals surface area contributed by atoms with E-state index in [0.29, 0.717) is 19.3 Å². The molecule has 0 fully saturated rings. The smallest absolute Gasteiger partial charge is 0.463 e. The number of hydrogen-bond donors (Lipinski definition) is 4. The van der Waals surface area contributed by atoms with Crippen molar-refractivity contribution >= 4 is 33.6 Å². The van der Waals surface area contributed by atoms with E-state index in [9.17, 15) is 43.5 Å². The summed E-state index contributed by atoms with van der Waals surface area (Å²) in [6, 6.07) is 0. The highest BCUT2D eigenvalue weighted by molar-refractivity contribution is 7.47. The quantitative estimate of drug-likeness (QED) is 0.0146. The molecule has 0 aliphatic carbocycles. The summed E-state index contributed by atoms with van der Waals surface area (Å²) in [5, 5.41) is 20.6. The molecule has 0 spiro atoms. The fraction of sp³-hybridized carbons (Fsp3) is 0.741. The van der Waals surface area contributed by atoms with Crippen LogP contribution in [0.2, 0.25) is 0 Å². The fourth-order valence-electron chi connectivity index (χ4n) is 10.4. The predicted molar refractivity (Wildman–Crippen MR) is 408 cm³/mol. The van der Waals surface area contributed by atoms with Crippen molar-refractivity contribution in [2.24, 2.45) is 0 Å². The summed E-state index contributed by atoms with van der Waals surface area (Å²) >= 11 is 0. The number of phosphoric ester groups is 2. The highest BCUT2D eigenvalue weighted by Gasteiger charge is 2.29. The van der Waals surface area contributed by atoms with Crippen LogP contribution in [-0.2, 0) is 55.8 Å². The molecule has 0 aliphatic heterocycles. The number of hydrogen-bond acceptors (Lipinski definition) is 14. The molecule has 0 aromatic carbocycles. The molecule has 5 unspecified atom stereocenters. The zero-order valence-corrected chi connectivity index (χ0v) is 64.2. The number of ether oxygens (including phenoxy) is 3. The van der Waals surface area contributed by atoms with Crippen LogP contribution in [0.3, 0.4) is 0 Å². The zero-order chi connectivity index (χ0) is 72.3. The van der Waals surface area contributed by atoms with E-state index in [4.69, 9.17) is 32.3 Å². The molecule has 0 aliphatic rings. The third-order valence-electron chi connectivity index (χ3n) is 16.4. The number of esters is 3. The molecule has 0 aromatic heterocycles. The molecular formula is C81H142O16P2. The van der Waals surface area contributed by atoms with Gasteiger partial charge in [0.1, 0.15) is 25.4 Å². The van der Waals surface area contributed by atoms with Crippen LogP contribution >= 0.6 is 15.6 Å². The number of aliphatic hydroxyl groups is 2. The average molecular weight is 1430 g/mol. The average Bonchev–Trinajstić information content (AvgIpc) is 1.57. The maximum atomic E-state index is 13.0. The van der Waals surface area contributed by atoms with Gasteiger partial charge in [0, 0.05) is 19.3 Å². The van der Waals surface area contributed by atoms with Crippen molar-refractivity contribution in [1.82, 2.24) is 0 Å². The summed E-state index contributed by atoms with van der Waals surface area (Å²) in [7, 11) is -9.79. The van der Waals surface area contributed by atoms with Gasteiger partial charge in [0.15, 0.2) is 6.10 Å². The van der Waals surface area contributed by atoms with Gasteiger partial charge < -0.3 is 34.2 Å². The summed E-state index contributed by atoms with van der Waals surface area (Å²) < 4.78 is 61.1. The lowest BCUT2D eigenvalue weighted by Crippen LogP contribution is -2.30. The largest absolute Gasteiger partial charge is 0.472 e. The molecule has 99 heavy (non-hydrogen) atoms. The summed E-state index contributed by atoms with van der Waals surface area (Å²) in [6.45, 7) is 2.61. The standard InChI is InChI=1S/C81H142O16P2/c1-4-7-10-13-16-19-22-25-28-30-32-34-36-37-39-41-42-44-47-49-52-55-58-61-64-67-79(84)91-70-76(82)71-93-98(87,88)94-72-77(83)73-95-99(89,90)96-75-78(97-81(86)69-66-63-60-57-54-51-46-27-24-21-18-15-12-9-6-3)74-92-80(85)68-65-62-59-56-53-50-48-45-43-40-38-35-33-31-29-26-23-20-17-14-11-8-5-2/h16-17,19-20,25-29,32-35,37,39-40,43,46,76-78,82-83H,4-15,18,21-24,30-31,36,38,41-42,44-45,47-75H2,1-3H3,(H,87,88)(H,89,90)/b19-16-,20-17-,28-25-,29-26-,34-32-,35-33-,39-37-,43-40-,46-27-. The summed E-state index contributed by atoms with van der Waals surface area (Å²) in [5.74, 6) is -1.59. The molecule has 4 N–H and O–H groups in total. The Labute approximate surface area is 602 Å². The first-order valence-electron chi connectivity index (χ1n) is 39.2. The van der Waals surface area contributed by atoms with Gasteiger partial charge in [-0.3, -0.25) is 32.5 Å². The molecule has 0 rings (SSSR count). The van der Waals surface area contributed by atoms with Crippen molar-refractivity contribution < 1.29 is 75.8 Å². The van der Waals surface area contributed by atoms with E-state index in [-0.39, 0.29) is 19.3 Å². The Morgan fingerprint density at radius 2 is 0.505 bits per heavy atom. The zero-order valence-electron chi connectivity index (χ0n) is 62.4. The monoisotopic (exact) mass is 1430 g/mol. The Balaban J connectivity index is 4.61. The van der Waals surface area contributed by atoms with E-state index < -0.39 is 91.5 Å². The van der Waals surface area contributed by atoms with E-state index >= 15 is 0 Å². The SMILES string of the molecule is CCCCC/C=C\C/C=C\C/C=C\C/C=C\CCCCCCCCCCCC(=O)OCC(O)COP(=O)(O)OCC(O)COP(=O)(O)OCC(COC(=O)CCCCCCCCC/C=C\C/C=C\C/C=C\C/C=C\CCCCC)OC(=O)CCCCCCC/C=C\CCCCCCCC. The number of carbonyl (C=O) groups excluding carboxylic acids is 3. The molecule has 18 heteroatoms. The molecule has 0 saturated carbocycles. The first-order valence-corrected chi connectivity index (χ1v) is 42.2. The van der Waals surface area contributed by atoms with Crippen molar-refractivity contribution in [2.75, 3.05) is 39.6 Å². The molecule has 0 aromatic rings. The summed E-state index contributed by atoms with van der Waals surface area (Å²) in [5.41, 5.74) is 0. The number of allylic oxidation sites excluding steroid dienone is 18. The lowest BCUT2D eigenvalue weighted by atomic mass is 10.1. The molecule has 16 nitrogen and oxygen atoms in total. The van der Waals surface area contributed by atoms with E-state index in [2.05, 4.69) is 130 Å². The Kier molecular flexibility index (Phi) is 71.1. The minimum Gasteiger partial charge on any atom is -0.463 e. The molecule has 5 atom stereocenters. The molecule has 572 valence electrons. The van der Waals surface area contributed by atoms with Gasteiger partial charge in [0.2, 0.25) is 0 Å². The van der Waals surface area contributed by atoms with Gasteiger partial charge in [-0.25, -0.2) is 9.13 Å². The van der Waals surface area contributed by atoms with Crippen LogP contribution in [0.25, 0.3) is 0 Å². The summed E-state index contributed by atoms with van der Waals surface area (Å²) in [6.07, 6.45) is 85.5. The highest BCUT2D eigenvalue weighted by atomic mass is 31.2. The number of aliphatic hydroxyl groups excluding tert-OH is 2. The van der Waals surface area contributed by atoms with Gasteiger partial charge in [-0.1, -0.05) is 284 Å². The van der Waals surface area contributed by atoms with Gasteiger partial charge in [-0.15, -0.1) is 0 Å². The molecular weight excluding hydrogens is 1290 g/mol. The first-order chi connectivity index (χ1) is 48.2. The second kappa shape index (κ2) is 73.9. The Hall–Kier alpha value is -3.79. The number of phosphoric acid groups is 2. The first kappa shape index (κ1) is 95.2. The fourth-order valence-corrected chi connectivity index (χ4v) is 12.0. The second-order valence-corrected chi connectivity index (χ2v) is 29.1. The van der Waals surface area contributed by atoms with Crippen molar-refractivity contribution in [3.63, 3.8) is 0 Å². The molecule has 0 radical (unpaired) electrons. The van der Waals surface area contributed by atoms with Crippen LogP contribution in [-0.4, -0.2) is 95.9 Å². The lowest BCUT2D eigenvalue weighted by Gasteiger charge is -2.21. The van der Waals surface area contributed by atoms with Gasteiger partial charge in [-0.05, 0) is 135 Å². The maximum absolute atomic E-state index is 13.0. The topological polar surface area (TPSA) is 231 Å². The van der Waals surface area contributed by atoms with E-state index in [1.807, 2.05) is 0 Å². The Morgan fingerprint density at radius 1 is 0.283 bits per heavy atom. The maximum Gasteiger partial charge on any atom is 0.472 e. The van der Waals surface area contributed by atoms with Crippen molar-refractivity contribution in [3.8, 4) is 0 Å². The molecule has 0 heterocycles.